The Labute approximate surface area is 146 Å². The highest BCUT2D eigenvalue weighted by molar-refractivity contribution is 7.90. The minimum Gasteiger partial charge on any atom is -0.350 e. The molecular formula is C18H18N4O2S. The van der Waals surface area contributed by atoms with Gasteiger partial charge in [0.15, 0.2) is 9.84 Å². The molecule has 0 amide bonds. The number of imidazole rings is 1. The van der Waals surface area contributed by atoms with Crippen molar-refractivity contribution >= 4 is 15.7 Å². The van der Waals surface area contributed by atoms with Crippen molar-refractivity contribution in [2.24, 2.45) is 0 Å². The van der Waals surface area contributed by atoms with Crippen LogP contribution in [0.2, 0.25) is 0 Å². The molecule has 1 aliphatic rings. The van der Waals surface area contributed by atoms with Crippen molar-refractivity contribution in [3.63, 3.8) is 0 Å². The van der Waals surface area contributed by atoms with Gasteiger partial charge in [0.1, 0.15) is 5.82 Å². The fourth-order valence-corrected chi connectivity index (χ4v) is 3.78. The van der Waals surface area contributed by atoms with Gasteiger partial charge in [-0.1, -0.05) is 30.3 Å². The van der Waals surface area contributed by atoms with Crippen LogP contribution in [0.1, 0.15) is 22.9 Å². The third-order valence-electron chi connectivity index (χ3n) is 4.51. The Morgan fingerprint density at radius 1 is 1.12 bits per heavy atom. The normalized spacial score (nSPS) is 17.3. The first kappa shape index (κ1) is 15.8. The van der Waals surface area contributed by atoms with Crippen molar-refractivity contribution in [3.8, 4) is 0 Å². The summed E-state index contributed by atoms with van der Waals surface area (Å²) < 4.78 is 23.2. The summed E-state index contributed by atoms with van der Waals surface area (Å²) in [6.45, 7) is 1.41. The average Bonchev–Trinajstić information content (AvgIpc) is 3.09. The molecule has 128 valence electrons. The zero-order chi connectivity index (χ0) is 17.4. The largest absolute Gasteiger partial charge is 0.350 e. The van der Waals surface area contributed by atoms with Crippen LogP contribution in [0, 0.1) is 0 Å². The number of fused-ring (bicyclic) bond motifs is 1. The number of aromatic amines is 1. The molecule has 4 rings (SSSR count). The Kier molecular flexibility index (Phi) is 3.80. The molecule has 25 heavy (non-hydrogen) atoms. The van der Waals surface area contributed by atoms with E-state index in [1.807, 2.05) is 18.2 Å². The van der Waals surface area contributed by atoms with Crippen LogP contribution >= 0.6 is 0 Å². The molecule has 3 heterocycles. The van der Waals surface area contributed by atoms with E-state index < -0.39 is 9.84 Å². The molecule has 0 fully saturated rings. The van der Waals surface area contributed by atoms with Gasteiger partial charge in [-0.2, -0.15) is 0 Å². The maximum atomic E-state index is 11.6. The summed E-state index contributed by atoms with van der Waals surface area (Å²) in [7, 11) is -3.24. The molecule has 1 aliphatic heterocycles. The highest BCUT2D eigenvalue weighted by Crippen LogP contribution is 2.33. The van der Waals surface area contributed by atoms with Crippen LogP contribution in [0.15, 0.2) is 59.9 Å². The second-order valence-corrected chi connectivity index (χ2v) is 8.25. The molecule has 1 aromatic carbocycles. The number of anilines is 1. The first-order chi connectivity index (χ1) is 12.0. The monoisotopic (exact) mass is 354 g/mol. The molecule has 0 saturated heterocycles. The Balaban J connectivity index is 1.69. The number of aromatic nitrogens is 3. The highest BCUT2D eigenvalue weighted by Gasteiger charge is 2.29. The average molecular weight is 354 g/mol. The fourth-order valence-electron chi connectivity index (χ4n) is 3.22. The molecule has 0 spiro atoms. The molecule has 2 aromatic heterocycles. The SMILES string of the molecule is CS(=O)(=O)c1ccc(N2Cc3[nH]cnc3C(c3ccccc3)C2)nc1. The maximum Gasteiger partial charge on any atom is 0.177 e. The lowest BCUT2D eigenvalue weighted by Gasteiger charge is -2.33. The first-order valence-electron chi connectivity index (χ1n) is 8.00. The number of sulfone groups is 1. The smallest absolute Gasteiger partial charge is 0.177 e. The van der Waals surface area contributed by atoms with E-state index in [4.69, 9.17) is 0 Å². The Hall–Kier alpha value is -2.67. The first-order valence-corrected chi connectivity index (χ1v) is 9.89. The van der Waals surface area contributed by atoms with E-state index in [0.29, 0.717) is 6.54 Å². The third kappa shape index (κ3) is 3.02. The van der Waals surface area contributed by atoms with Crippen molar-refractivity contribution < 1.29 is 8.42 Å². The topological polar surface area (TPSA) is 79.0 Å². The molecular weight excluding hydrogens is 336 g/mol. The van der Waals surface area contributed by atoms with Crippen molar-refractivity contribution in [2.75, 3.05) is 17.7 Å². The molecule has 6 nitrogen and oxygen atoms in total. The quantitative estimate of drug-likeness (QED) is 0.781. The van der Waals surface area contributed by atoms with Crippen LogP contribution in [-0.4, -0.2) is 36.2 Å². The molecule has 1 atom stereocenters. The van der Waals surface area contributed by atoms with E-state index >= 15 is 0 Å². The minimum absolute atomic E-state index is 0.146. The van der Waals surface area contributed by atoms with Crippen molar-refractivity contribution in [1.29, 1.82) is 0 Å². The molecule has 0 bridgehead atoms. The number of nitrogens with zero attached hydrogens (tertiary/aromatic N) is 3. The molecule has 0 saturated carbocycles. The number of pyridine rings is 1. The van der Waals surface area contributed by atoms with Crippen LogP contribution in [0.5, 0.6) is 0 Å². The summed E-state index contributed by atoms with van der Waals surface area (Å²) in [6.07, 6.45) is 4.34. The van der Waals surface area contributed by atoms with E-state index in [2.05, 4.69) is 32.0 Å². The van der Waals surface area contributed by atoms with E-state index in [1.165, 1.54) is 18.0 Å². The highest BCUT2D eigenvalue weighted by atomic mass is 32.2. The number of hydrogen-bond donors (Lipinski definition) is 1. The second kappa shape index (κ2) is 6.00. The van der Waals surface area contributed by atoms with Gasteiger partial charge in [0.2, 0.25) is 0 Å². The molecule has 3 aromatic rings. The summed E-state index contributed by atoms with van der Waals surface area (Å²) >= 11 is 0. The van der Waals surface area contributed by atoms with Crippen LogP contribution in [-0.2, 0) is 16.4 Å². The summed E-state index contributed by atoms with van der Waals surface area (Å²) in [5.41, 5.74) is 3.33. The Morgan fingerprint density at radius 3 is 2.60 bits per heavy atom. The molecule has 1 N–H and O–H groups in total. The van der Waals surface area contributed by atoms with Gasteiger partial charge in [-0.25, -0.2) is 18.4 Å². The number of nitrogens with one attached hydrogen (secondary N) is 1. The van der Waals surface area contributed by atoms with Gasteiger partial charge in [0.05, 0.1) is 29.2 Å². The van der Waals surface area contributed by atoms with Gasteiger partial charge in [0.25, 0.3) is 0 Å². The van der Waals surface area contributed by atoms with E-state index in [-0.39, 0.29) is 10.8 Å². The predicted octanol–water partition coefficient (Wildman–Crippen LogP) is 2.36. The van der Waals surface area contributed by atoms with Crippen LogP contribution in [0.25, 0.3) is 0 Å². The fraction of sp³-hybridized carbons (Fsp3) is 0.222. The zero-order valence-corrected chi connectivity index (χ0v) is 14.6. The third-order valence-corrected chi connectivity index (χ3v) is 5.61. The molecule has 0 radical (unpaired) electrons. The molecule has 0 aliphatic carbocycles. The van der Waals surface area contributed by atoms with Gasteiger partial charge >= 0.3 is 0 Å². The van der Waals surface area contributed by atoms with Gasteiger partial charge in [-0.05, 0) is 17.7 Å². The van der Waals surface area contributed by atoms with Crippen LogP contribution < -0.4 is 4.90 Å². The van der Waals surface area contributed by atoms with Crippen LogP contribution in [0.4, 0.5) is 5.82 Å². The van der Waals surface area contributed by atoms with E-state index in [9.17, 15) is 8.42 Å². The number of benzene rings is 1. The number of hydrogen-bond acceptors (Lipinski definition) is 5. The lowest BCUT2D eigenvalue weighted by atomic mass is 9.91. The lowest BCUT2D eigenvalue weighted by molar-refractivity contribution is 0.601. The summed E-state index contributed by atoms with van der Waals surface area (Å²) in [5, 5.41) is 0. The zero-order valence-electron chi connectivity index (χ0n) is 13.8. The predicted molar refractivity (Wildman–Crippen MR) is 95.3 cm³/mol. The van der Waals surface area contributed by atoms with Crippen LogP contribution in [0.3, 0.4) is 0 Å². The molecule has 7 heteroatoms. The van der Waals surface area contributed by atoms with Gasteiger partial charge < -0.3 is 9.88 Å². The standard InChI is InChI=1S/C18H18N4O2S/c1-25(23,24)14-7-8-17(19-9-14)22-10-15(13-5-3-2-4-6-13)18-16(11-22)20-12-21-18/h2-9,12,15H,10-11H2,1H3,(H,20,21). The van der Waals surface area contributed by atoms with Gasteiger partial charge in [-0.3, -0.25) is 0 Å². The Bertz CT molecular complexity index is 981. The lowest BCUT2D eigenvalue weighted by Crippen LogP contribution is -2.34. The van der Waals surface area contributed by atoms with Crippen molar-refractivity contribution in [3.05, 3.63) is 71.9 Å². The minimum atomic E-state index is -3.24. The van der Waals surface area contributed by atoms with Crippen molar-refractivity contribution in [1.82, 2.24) is 15.0 Å². The Morgan fingerprint density at radius 2 is 1.92 bits per heavy atom. The maximum absolute atomic E-state index is 11.6. The molecule has 1 unspecified atom stereocenters. The van der Waals surface area contributed by atoms with Gasteiger partial charge in [-0.15, -0.1) is 0 Å². The summed E-state index contributed by atoms with van der Waals surface area (Å²) in [5.74, 6) is 0.904. The number of H-pyrrole nitrogens is 1. The van der Waals surface area contributed by atoms with Gasteiger partial charge in [0, 0.05) is 24.9 Å². The van der Waals surface area contributed by atoms with Crippen molar-refractivity contribution in [2.45, 2.75) is 17.4 Å². The van der Waals surface area contributed by atoms with E-state index in [0.717, 1.165) is 23.8 Å². The summed E-state index contributed by atoms with van der Waals surface area (Å²) in [4.78, 5) is 14.5. The van der Waals surface area contributed by atoms with E-state index in [1.54, 1.807) is 18.5 Å². The summed E-state index contributed by atoms with van der Waals surface area (Å²) in [6, 6.07) is 13.6. The number of rotatable bonds is 3. The second-order valence-electron chi connectivity index (χ2n) is 6.23.